The molecule has 0 aliphatic rings. The lowest BCUT2D eigenvalue weighted by molar-refractivity contribution is 0.973. The highest BCUT2D eigenvalue weighted by atomic mass is 32.1. The summed E-state index contributed by atoms with van der Waals surface area (Å²) in [7, 11) is 0. The van der Waals surface area contributed by atoms with Gasteiger partial charge in [-0.15, -0.1) is 11.3 Å². The van der Waals surface area contributed by atoms with Crippen molar-refractivity contribution in [1.82, 2.24) is 9.38 Å². The van der Waals surface area contributed by atoms with Gasteiger partial charge in [-0.25, -0.2) is 4.98 Å². The maximum atomic E-state index is 6.14. The van der Waals surface area contributed by atoms with Crippen molar-refractivity contribution in [2.24, 2.45) is 5.73 Å². The van der Waals surface area contributed by atoms with E-state index < -0.39 is 0 Å². The minimum Gasteiger partial charge on any atom is -0.325 e. The van der Waals surface area contributed by atoms with Gasteiger partial charge >= 0.3 is 0 Å². The molecule has 0 amide bonds. The van der Waals surface area contributed by atoms with Crippen LogP contribution in [0.1, 0.15) is 22.4 Å². The Bertz CT molecular complexity index is 1050. The van der Waals surface area contributed by atoms with Crippen LogP contribution < -0.4 is 5.73 Å². The van der Waals surface area contributed by atoms with Crippen molar-refractivity contribution in [2.45, 2.75) is 27.3 Å². The molecule has 0 saturated carbocycles. The minimum absolute atomic E-state index is 0.457. The van der Waals surface area contributed by atoms with Gasteiger partial charge in [0.05, 0.1) is 17.1 Å². The van der Waals surface area contributed by atoms with Crippen LogP contribution in [-0.4, -0.2) is 9.38 Å². The van der Waals surface area contributed by atoms with E-state index in [1.165, 1.54) is 27.9 Å². The fourth-order valence-electron chi connectivity index (χ4n) is 3.34. The molecule has 2 heterocycles. The van der Waals surface area contributed by atoms with E-state index in [0.29, 0.717) is 6.54 Å². The van der Waals surface area contributed by atoms with Gasteiger partial charge in [-0.3, -0.25) is 4.40 Å². The second-order valence-electron chi connectivity index (χ2n) is 6.53. The Morgan fingerprint density at radius 1 is 1.00 bits per heavy atom. The number of thiazole rings is 1. The van der Waals surface area contributed by atoms with Crippen LogP contribution >= 0.6 is 11.3 Å². The van der Waals surface area contributed by atoms with E-state index >= 15 is 0 Å². The third-order valence-electron chi connectivity index (χ3n) is 4.64. The summed E-state index contributed by atoms with van der Waals surface area (Å²) < 4.78 is 2.22. The Labute approximate surface area is 151 Å². The van der Waals surface area contributed by atoms with Crippen LogP contribution in [-0.2, 0) is 6.54 Å². The molecule has 3 nitrogen and oxygen atoms in total. The van der Waals surface area contributed by atoms with Crippen molar-refractivity contribution in [3.63, 3.8) is 0 Å². The van der Waals surface area contributed by atoms with Gasteiger partial charge in [-0.05, 0) is 26.3 Å². The molecule has 4 aromatic rings. The smallest absolute Gasteiger partial charge is 0.195 e. The molecule has 4 heteroatoms. The molecule has 0 unspecified atom stereocenters. The summed E-state index contributed by atoms with van der Waals surface area (Å²) in [5.41, 5.74) is 15.5. The summed E-state index contributed by atoms with van der Waals surface area (Å²) >= 11 is 1.67. The molecular weight excluding hydrogens is 326 g/mol. The van der Waals surface area contributed by atoms with Crippen molar-refractivity contribution < 1.29 is 0 Å². The third-order valence-corrected chi connectivity index (χ3v) is 5.46. The van der Waals surface area contributed by atoms with Gasteiger partial charge in [-0.1, -0.05) is 53.6 Å². The lowest BCUT2D eigenvalue weighted by Crippen LogP contribution is -2.03. The molecule has 0 fully saturated rings. The van der Waals surface area contributed by atoms with Gasteiger partial charge in [0.15, 0.2) is 4.96 Å². The number of aromatic nitrogens is 2. The minimum atomic E-state index is 0.457. The van der Waals surface area contributed by atoms with E-state index in [2.05, 4.69) is 73.0 Å². The topological polar surface area (TPSA) is 43.3 Å². The Hall–Kier alpha value is -2.43. The summed E-state index contributed by atoms with van der Waals surface area (Å²) in [6.07, 6.45) is 0. The predicted molar refractivity (Wildman–Crippen MR) is 106 cm³/mol. The molecule has 25 heavy (non-hydrogen) atoms. The number of rotatable bonds is 3. The molecule has 126 valence electrons. The van der Waals surface area contributed by atoms with E-state index in [0.717, 1.165) is 21.9 Å². The van der Waals surface area contributed by atoms with E-state index in [1.54, 1.807) is 11.3 Å². The normalized spacial score (nSPS) is 11.4. The summed E-state index contributed by atoms with van der Waals surface area (Å²) in [5.74, 6) is 0. The zero-order valence-corrected chi connectivity index (χ0v) is 15.5. The maximum Gasteiger partial charge on any atom is 0.195 e. The molecule has 0 aliphatic carbocycles. The van der Waals surface area contributed by atoms with Crippen molar-refractivity contribution in [3.05, 3.63) is 70.2 Å². The Balaban J connectivity index is 1.95. The van der Waals surface area contributed by atoms with E-state index in [-0.39, 0.29) is 0 Å². The van der Waals surface area contributed by atoms with Crippen LogP contribution in [0.2, 0.25) is 0 Å². The van der Waals surface area contributed by atoms with Gasteiger partial charge < -0.3 is 5.73 Å². The Morgan fingerprint density at radius 3 is 2.40 bits per heavy atom. The van der Waals surface area contributed by atoms with Crippen LogP contribution in [0, 0.1) is 20.8 Å². The number of imidazole rings is 1. The number of aryl methyl sites for hydroxylation is 3. The number of benzene rings is 2. The number of nitrogens with two attached hydrogens (primary N) is 1. The van der Waals surface area contributed by atoms with Crippen molar-refractivity contribution >= 4 is 16.3 Å². The first-order valence-corrected chi connectivity index (χ1v) is 9.30. The zero-order chi connectivity index (χ0) is 17.6. The molecule has 2 N–H and O–H groups in total. The molecule has 0 bridgehead atoms. The summed E-state index contributed by atoms with van der Waals surface area (Å²) in [6, 6.07) is 15.1. The quantitative estimate of drug-likeness (QED) is 0.559. The van der Waals surface area contributed by atoms with Crippen LogP contribution in [0.5, 0.6) is 0 Å². The zero-order valence-electron chi connectivity index (χ0n) is 14.7. The van der Waals surface area contributed by atoms with Crippen LogP contribution in [0.15, 0.2) is 47.8 Å². The summed E-state index contributed by atoms with van der Waals surface area (Å²) in [6.45, 7) is 6.83. The van der Waals surface area contributed by atoms with Gasteiger partial charge in [0.25, 0.3) is 0 Å². The van der Waals surface area contributed by atoms with Crippen LogP contribution in [0.4, 0.5) is 0 Å². The second kappa shape index (κ2) is 6.14. The van der Waals surface area contributed by atoms with Gasteiger partial charge in [0, 0.05) is 23.1 Å². The SMILES string of the molecule is Cc1ccc(-c2nc3scc(-c4ccc(C)cc4C)n3c2CN)cc1. The van der Waals surface area contributed by atoms with E-state index in [9.17, 15) is 0 Å². The number of fused-ring (bicyclic) bond motifs is 1. The predicted octanol–water partition coefficient (Wildman–Crippen LogP) is 5.11. The molecule has 2 aromatic heterocycles. The number of hydrogen-bond donors (Lipinski definition) is 1. The first-order valence-electron chi connectivity index (χ1n) is 8.42. The van der Waals surface area contributed by atoms with Gasteiger partial charge in [0.2, 0.25) is 0 Å². The lowest BCUT2D eigenvalue weighted by atomic mass is 10.0. The molecule has 0 atom stereocenters. The largest absolute Gasteiger partial charge is 0.325 e. The van der Waals surface area contributed by atoms with Crippen LogP contribution in [0.25, 0.3) is 27.5 Å². The highest BCUT2D eigenvalue weighted by Gasteiger charge is 2.18. The highest BCUT2D eigenvalue weighted by Crippen LogP contribution is 2.34. The van der Waals surface area contributed by atoms with E-state index in [1.807, 2.05) is 0 Å². The number of nitrogens with zero attached hydrogens (tertiary/aromatic N) is 2. The lowest BCUT2D eigenvalue weighted by Gasteiger charge is -2.09. The third kappa shape index (κ3) is 2.68. The highest BCUT2D eigenvalue weighted by molar-refractivity contribution is 7.15. The molecule has 0 radical (unpaired) electrons. The first kappa shape index (κ1) is 16.1. The van der Waals surface area contributed by atoms with Crippen molar-refractivity contribution in [1.29, 1.82) is 0 Å². The molecule has 0 spiro atoms. The fourth-order valence-corrected chi connectivity index (χ4v) is 4.24. The average Bonchev–Trinajstić information content (AvgIpc) is 3.15. The molecule has 0 saturated heterocycles. The summed E-state index contributed by atoms with van der Waals surface area (Å²) in [5, 5.41) is 2.18. The van der Waals surface area contributed by atoms with Gasteiger partial charge in [0.1, 0.15) is 0 Å². The second-order valence-corrected chi connectivity index (χ2v) is 7.37. The fraction of sp³-hybridized carbons (Fsp3) is 0.190. The van der Waals surface area contributed by atoms with E-state index in [4.69, 9.17) is 10.7 Å². The maximum absolute atomic E-state index is 6.14. The van der Waals surface area contributed by atoms with Gasteiger partial charge in [-0.2, -0.15) is 0 Å². The Morgan fingerprint density at radius 2 is 1.72 bits per heavy atom. The Kier molecular flexibility index (Phi) is 3.94. The molecule has 4 rings (SSSR count). The van der Waals surface area contributed by atoms with Crippen LogP contribution in [0.3, 0.4) is 0 Å². The standard InChI is InChI=1S/C21H21N3S/c1-13-4-7-16(8-5-13)20-18(11-22)24-19(12-25-21(24)23-20)17-9-6-14(2)10-15(17)3/h4-10,12H,11,22H2,1-3H3. The number of hydrogen-bond acceptors (Lipinski definition) is 3. The van der Waals surface area contributed by atoms with Crippen molar-refractivity contribution in [2.75, 3.05) is 0 Å². The van der Waals surface area contributed by atoms with Crippen molar-refractivity contribution in [3.8, 4) is 22.5 Å². The molecule has 2 aromatic carbocycles. The summed E-state index contributed by atoms with van der Waals surface area (Å²) in [4.78, 5) is 5.87. The monoisotopic (exact) mass is 347 g/mol. The first-order chi connectivity index (χ1) is 12.1. The average molecular weight is 347 g/mol. The molecular formula is C21H21N3S. The molecule has 0 aliphatic heterocycles.